The number of hydrogen-bond acceptors (Lipinski definition) is 4. The fourth-order valence-electron chi connectivity index (χ4n) is 1.92. The van der Waals surface area contributed by atoms with Gasteiger partial charge in [-0.2, -0.15) is 5.11 Å². The van der Waals surface area contributed by atoms with Gasteiger partial charge in [-0.1, -0.05) is 35.9 Å². The molecule has 22 heavy (non-hydrogen) atoms. The number of nitrogens with one attached hydrogen (secondary N) is 3. The smallest absolute Gasteiger partial charge is 0.294 e. The number of rotatable bonds is 4. The van der Waals surface area contributed by atoms with Crippen LogP contribution < -0.4 is 10.9 Å². The molecule has 6 nitrogen and oxygen atoms in total. The maximum absolute atomic E-state index is 11.8. The molecular formula is C16H15N5O. The number of azo groups is 1. The highest BCUT2D eigenvalue weighted by Gasteiger charge is 2.09. The topological polar surface area (TPSA) is 85.4 Å². The molecule has 0 saturated heterocycles. The van der Waals surface area contributed by atoms with Gasteiger partial charge < -0.3 is 5.32 Å². The van der Waals surface area contributed by atoms with E-state index in [1.165, 1.54) is 0 Å². The van der Waals surface area contributed by atoms with Crippen LogP contribution in [0.2, 0.25) is 0 Å². The molecule has 0 amide bonds. The fourth-order valence-corrected chi connectivity index (χ4v) is 1.92. The third-order valence-electron chi connectivity index (χ3n) is 3.10. The molecule has 0 saturated carbocycles. The van der Waals surface area contributed by atoms with Crippen molar-refractivity contribution in [1.82, 2.24) is 10.2 Å². The molecule has 0 aliphatic rings. The summed E-state index contributed by atoms with van der Waals surface area (Å²) < 4.78 is 0. The van der Waals surface area contributed by atoms with Crippen molar-refractivity contribution in [3.8, 4) is 0 Å². The zero-order valence-electron chi connectivity index (χ0n) is 12.0. The van der Waals surface area contributed by atoms with Crippen LogP contribution in [0.5, 0.6) is 0 Å². The standard InChI is InChI=1S/C16H15N5O/c1-11-7-9-13(10-8-11)18-19-14-15(20-21-16(14)22)17-12-5-3-2-4-6-12/h2-10H,1H3,(H3,17,20,21,22). The summed E-state index contributed by atoms with van der Waals surface area (Å²) in [6, 6.07) is 17.1. The quantitative estimate of drug-likeness (QED) is 0.630. The van der Waals surface area contributed by atoms with Gasteiger partial charge in [-0.15, -0.1) is 5.11 Å². The van der Waals surface area contributed by atoms with Gasteiger partial charge in [0.05, 0.1) is 5.69 Å². The van der Waals surface area contributed by atoms with Gasteiger partial charge in [0.2, 0.25) is 0 Å². The van der Waals surface area contributed by atoms with E-state index >= 15 is 0 Å². The van der Waals surface area contributed by atoms with Gasteiger partial charge in [0.1, 0.15) is 0 Å². The lowest BCUT2D eigenvalue weighted by molar-refractivity contribution is 1.06. The number of aromatic nitrogens is 2. The second-order valence-electron chi connectivity index (χ2n) is 4.83. The third-order valence-corrected chi connectivity index (χ3v) is 3.10. The number of anilines is 2. The lowest BCUT2D eigenvalue weighted by Gasteiger charge is -2.03. The normalized spacial score (nSPS) is 11.0. The molecule has 0 fully saturated rings. The highest BCUT2D eigenvalue weighted by Crippen LogP contribution is 2.24. The third kappa shape index (κ3) is 3.12. The Balaban J connectivity index is 1.86. The largest absolute Gasteiger partial charge is 0.339 e. The van der Waals surface area contributed by atoms with Crippen LogP contribution in [0.4, 0.5) is 22.9 Å². The van der Waals surface area contributed by atoms with Crippen LogP contribution in [0.1, 0.15) is 5.56 Å². The molecule has 1 heterocycles. The van der Waals surface area contributed by atoms with Gasteiger partial charge in [-0.3, -0.25) is 15.0 Å². The Morgan fingerprint density at radius 1 is 0.909 bits per heavy atom. The first kappa shape index (κ1) is 13.8. The van der Waals surface area contributed by atoms with Crippen molar-refractivity contribution in [3.05, 3.63) is 70.5 Å². The molecule has 0 unspecified atom stereocenters. The highest BCUT2D eigenvalue weighted by molar-refractivity contribution is 5.67. The maximum atomic E-state index is 11.8. The number of hydrogen-bond donors (Lipinski definition) is 3. The Hall–Kier alpha value is -3.15. The van der Waals surface area contributed by atoms with Crippen molar-refractivity contribution < 1.29 is 0 Å². The number of aromatic amines is 2. The van der Waals surface area contributed by atoms with Crippen molar-refractivity contribution in [2.24, 2.45) is 10.2 Å². The summed E-state index contributed by atoms with van der Waals surface area (Å²) in [6.07, 6.45) is 0. The van der Waals surface area contributed by atoms with E-state index < -0.39 is 0 Å². The van der Waals surface area contributed by atoms with Crippen molar-refractivity contribution in [3.63, 3.8) is 0 Å². The Labute approximate surface area is 126 Å². The molecule has 6 heteroatoms. The van der Waals surface area contributed by atoms with Crippen molar-refractivity contribution in [2.75, 3.05) is 5.32 Å². The lowest BCUT2D eigenvalue weighted by atomic mass is 10.2. The summed E-state index contributed by atoms with van der Waals surface area (Å²) in [5, 5.41) is 16.5. The van der Waals surface area contributed by atoms with E-state index in [4.69, 9.17) is 0 Å². The van der Waals surface area contributed by atoms with Crippen LogP contribution in [-0.4, -0.2) is 10.2 Å². The zero-order valence-corrected chi connectivity index (χ0v) is 12.0. The van der Waals surface area contributed by atoms with E-state index in [1.807, 2.05) is 61.5 Å². The second-order valence-corrected chi connectivity index (χ2v) is 4.83. The number of aryl methyl sites for hydroxylation is 1. The van der Waals surface area contributed by atoms with Gasteiger partial charge in [-0.25, -0.2) is 0 Å². The van der Waals surface area contributed by atoms with Crippen molar-refractivity contribution >= 4 is 22.9 Å². The Kier molecular flexibility index (Phi) is 3.82. The molecule has 110 valence electrons. The number of H-pyrrole nitrogens is 2. The minimum Gasteiger partial charge on any atom is -0.339 e. The SMILES string of the molecule is Cc1ccc(N=Nc2c(Nc3ccccc3)[nH][nH]c2=O)cc1. The first-order valence-corrected chi connectivity index (χ1v) is 6.83. The van der Waals surface area contributed by atoms with Crippen LogP contribution >= 0.6 is 0 Å². The van der Waals surface area contributed by atoms with E-state index in [0.29, 0.717) is 11.5 Å². The minimum atomic E-state index is -0.325. The molecule has 0 bridgehead atoms. The van der Waals surface area contributed by atoms with Crippen molar-refractivity contribution in [1.29, 1.82) is 0 Å². The minimum absolute atomic E-state index is 0.212. The zero-order chi connectivity index (χ0) is 15.4. The maximum Gasteiger partial charge on any atom is 0.294 e. The predicted octanol–water partition coefficient (Wildman–Crippen LogP) is 4.17. The fraction of sp³-hybridized carbons (Fsp3) is 0.0625. The molecule has 1 aromatic heterocycles. The first-order chi connectivity index (χ1) is 10.7. The Morgan fingerprint density at radius 2 is 1.64 bits per heavy atom. The summed E-state index contributed by atoms with van der Waals surface area (Å²) in [6.45, 7) is 2.00. The summed E-state index contributed by atoms with van der Waals surface area (Å²) >= 11 is 0. The molecule has 0 aliphatic carbocycles. The van der Waals surface area contributed by atoms with Crippen LogP contribution in [0.25, 0.3) is 0 Å². The molecule has 0 atom stereocenters. The van der Waals surface area contributed by atoms with Gasteiger partial charge in [-0.05, 0) is 31.2 Å². The summed E-state index contributed by atoms with van der Waals surface area (Å²) in [7, 11) is 0. The lowest BCUT2D eigenvalue weighted by Crippen LogP contribution is -1.97. The molecule has 3 aromatic rings. The van der Waals surface area contributed by atoms with Crippen molar-refractivity contribution in [2.45, 2.75) is 6.92 Å². The molecular weight excluding hydrogens is 278 g/mol. The van der Waals surface area contributed by atoms with Crippen LogP contribution in [-0.2, 0) is 0 Å². The molecule has 0 spiro atoms. The summed E-state index contributed by atoms with van der Waals surface area (Å²) in [5.41, 5.74) is 2.57. The van der Waals surface area contributed by atoms with E-state index in [-0.39, 0.29) is 11.2 Å². The molecule has 3 rings (SSSR count). The Morgan fingerprint density at radius 3 is 2.36 bits per heavy atom. The summed E-state index contributed by atoms with van der Waals surface area (Å²) in [5.74, 6) is 0.479. The Bertz CT molecular complexity index is 831. The van der Waals surface area contributed by atoms with E-state index in [9.17, 15) is 4.79 Å². The monoisotopic (exact) mass is 293 g/mol. The molecule has 0 aliphatic heterocycles. The average molecular weight is 293 g/mol. The molecule has 3 N–H and O–H groups in total. The van der Waals surface area contributed by atoms with E-state index in [0.717, 1.165) is 11.3 Å². The van der Waals surface area contributed by atoms with Crippen LogP contribution in [0.3, 0.4) is 0 Å². The second kappa shape index (κ2) is 6.09. The van der Waals surface area contributed by atoms with Gasteiger partial charge in [0.15, 0.2) is 11.5 Å². The molecule has 2 aromatic carbocycles. The summed E-state index contributed by atoms with van der Waals surface area (Å²) in [4.78, 5) is 11.8. The van der Waals surface area contributed by atoms with Gasteiger partial charge >= 0.3 is 0 Å². The van der Waals surface area contributed by atoms with E-state index in [2.05, 4.69) is 25.7 Å². The highest BCUT2D eigenvalue weighted by atomic mass is 16.1. The predicted molar refractivity (Wildman–Crippen MR) is 86.5 cm³/mol. The first-order valence-electron chi connectivity index (χ1n) is 6.83. The number of para-hydroxylation sites is 1. The van der Waals surface area contributed by atoms with Gasteiger partial charge in [0.25, 0.3) is 5.56 Å². The van der Waals surface area contributed by atoms with E-state index in [1.54, 1.807) is 0 Å². The van der Waals surface area contributed by atoms with Crippen LogP contribution in [0.15, 0.2) is 69.6 Å². The van der Waals surface area contributed by atoms with Gasteiger partial charge in [0, 0.05) is 5.69 Å². The number of nitrogens with zero attached hydrogens (tertiary/aromatic N) is 2. The number of benzene rings is 2. The average Bonchev–Trinajstić information content (AvgIpc) is 2.88. The van der Waals surface area contributed by atoms with Crippen LogP contribution in [0, 0.1) is 6.92 Å². The molecule has 0 radical (unpaired) electrons.